The molecule has 3 rings (SSSR count). The van der Waals surface area contributed by atoms with Crippen LogP contribution in [-0.2, 0) is 9.47 Å². The van der Waals surface area contributed by atoms with Gasteiger partial charge in [0.2, 0.25) is 0 Å². The van der Waals surface area contributed by atoms with Gasteiger partial charge in [-0.3, -0.25) is 9.80 Å². The van der Waals surface area contributed by atoms with Crippen LogP contribution in [0.4, 0.5) is 0 Å². The van der Waals surface area contributed by atoms with Crippen LogP contribution in [0, 0.1) is 0 Å². The van der Waals surface area contributed by atoms with Gasteiger partial charge in [0.15, 0.2) is 0 Å². The molecule has 4 heteroatoms. The van der Waals surface area contributed by atoms with Crippen LogP contribution in [-0.4, -0.2) is 63.4 Å². The summed E-state index contributed by atoms with van der Waals surface area (Å²) in [5, 5.41) is 0. The third-order valence-corrected chi connectivity index (χ3v) is 6.24. The fourth-order valence-electron chi connectivity index (χ4n) is 4.40. The predicted molar refractivity (Wildman–Crippen MR) is 120 cm³/mol. The highest BCUT2D eigenvalue weighted by Gasteiger charge is 2.28. The van der Waals surface area contributed by atoms with Crippen molar-refractivity contribution in [2.24, 2.45) is 0 Å². The Bertz CT molecular complexity index is 781. The number of likely N-dealkylation sites (N-methyl/N-ethyl adjacent to an activating group) is 1. The van der Waals surface area contributed by atoms with Crippen molar-refractivity contribution in [3.63, 3.8) is 0 Å². The van der Waals surface area contributed by atoms with Gasteiger partial charge in [-0.05, 0) is 48.2 Å². The normalized spacial score (nSPS) is 23.9. The quantitative estimate of drug-likeness (QED) is 0.676. The topological polar surface area (TPSA) is 24.9 Å². The van der Waals surface area contributed by atoms with Gasteiger partial charge in [0.1, 0.15) is 11.9 Å². The molecule has 0 N–H and O–H groups in total. The average molecular weight is 397 g/mol. The summed E-state index contributed by atoms with van der Waals surface area (Å²) in [4.78, 5) is 5.10. The van der Waals surface area contributed by atoms with E-state index in [9.17, 15) is 0 Å². The van der Waals surface area contributed by atoms with Gasteiger partial charge in [0, 0.05) is 44.9 Å². The van der Waals surface area contributed by atoms with Crippen molar-refractivity contribution in [2.45, 2.75) is 38.3 Å². The number of methoxy groups -OCH3 is 2. The van der Waals surface area contributed by atoms with Crippen molar-refractivity contribution < 1.29 is 9.47 Å². The van der Waals surface area contributed by atoms with Gasteiger partial charge in [0.25, 0.3) is 0 Å². The minimum absolute atomic E-state index is 0.0943. The maximum Gasteiger partial charge on any atom is 0.124 e. The fourth-order valence-corrected chi connectivity index (χ4v) is 4.40. The lowest BCUT2D eigenvalue weighted by molar-refractivity contribution is 0.0957. The fraction of sp³-hybridized carbons (Fsp3) is 0.520. The van der Waals surface area contributed by atoms with Crippen LogP contribution in [0.25, 0.3) is 0 Å². The third-order valence-electron chi connectivity index (χ3n) is 6.24. The van der Waals surface area contributed by atoms with E-state index in [0.717, 1.165) is 43.9 Å². The second-order valence-electron chi connectivity index (χ2n) is 8.47. The largest absolute Gasteiger partial charge is 0.496 e. The molecule has 0 amide bonds. The lowest BCUT2D eigenvalue weighted by atomic mass is 9.91. The molecule has 0 saturated carbocycles. The van der Waals surface area contributed by atoms with Crippen LogP contribution in [0.1, 0.15) is 43.4 Å². The Morgan fingerprint density at radius 3 is 2.62 bits per heavy atom. The molecular weight excluding hydrogens is 360 g/mol. The molecule has 1 fully saturated rings. The van der Waals surface area contributed by atoms with Crippen molar-refractivity contribution in [3.05, 3.63) is 71.0 Å². The summed E-state index contributed by atoms with van der Waals surface area (Å²) in [6.45, 7) is 13.0. The summed E-state index contributed by atoms with van der Waals surface area (Å²) in [5.41, 5.74) is 5.10. The van der Waals surface area contributed by atoms with E-state index in [2.05, 4.69) is 73.7 Å². The maximum atomic E-state index is 5.57. The molecular formula is C25H36N2O2. The Morgan fingerprint density at radius 2 is 1.93 bits per heavy atom. The number of benzene rings is 1. The molecule has 29 heavy (non-hydrogen) atoms. The predicted octanol–water partition coefficient (Wildman–Crippen LogP) is 4.53. The molecule has 2 aliphatic rings. The molecule has 2 unspecified atom stereocenters. The summed E-state index contributed by atoms with van der Waals surface area (Å²) in [6.07, 6.45) is 5.18. The minimum Gasteiger partial charge on any atom is -0.496 e. The monoisotopic (exact) mass is 396 g/mol. The lowest BCUT2D eigenvalue weighted by Gasteiger charge is -2.41. The summed E-state index contributed by atoms with van der Waals surface area (Å²) in [6, 6.07) is 9.38. The summed E-state index contributed by atoms with van der Waals surface area (Å²) in [7, 11) is 5.68. The Kier molecular flexibility index (Phi) is 7.33. The van der Waals surface area contributed by atoms with E-state index >= 15 is 0 Å². The number of nitrogens with zero attached hydrogens (tertiary/aromatic N) is 2. The molecule has 0 bridgehead atoms. The molecule has 2 atom stereocenters. The number of hydrogen-bond donors (Lipinski definition) is 0. The van der Waals surface area contributed by atoms with Crippen LogP contribution in [0.15, 0.2) is 59.9 Å². The van der Waals surface area contributed by atoms with Crippen LogP contribution in [0.5, 0.6) is 0 Å². The van der Waals surface area contributed by atoms with Crippen LogP contribution >= 0.6 is 0 Å². The first-order valence-corrected chi connectivity index (χ1v) is 10.6. The van der Waals surface area contributed by atoms with E-state index in [4.69, 9.17) is 9.47 Å². The van der Waals surface area contributed by atoms with E-state index < -0.39 is 0 Å². The number of ether oxygens (including phenoxy) is 2. The molecule has 0 aromatic heterocycles. The smallest absolute Gasteiger partial charge is 0.124 e. The first-order valence-electron chi connectivity index (χ1n) is 10.6. The summed E-state index contributed by atoms with van der Waals surface area (Å²) < 4.78 is 11.1. The second-order valence-corrected chi connectivity index (χ2v) is 8.47. The number of hydrogen-bond acceptors (Lipinski definition) is 4. The van der Waals surface area contributed by atoms with Gasteiger partial charge in [0.05, 0.1) is 7.11 Å². The Balaban J connectivity index is 1.69. The Morgan fingerprint density at radius 1 is 1.17 bits per heavy atom. The van der Waals surface area contributed by atoms with Crippen LogP contribution in [0.2, 0.25) is 0 Å². The van der Waals surface area contributed by atoms with Gasteiger partial charge in [-0.2, -0.15) is 0 Å². The first-order chi connectivity index (χ1) is 13.9. The van der Waals surface area contributed by atoms with Gasteiger partial charge in [-0.1, -0.05) is 44.7 Å². The highest BCUT2D eigenvalue weighted by Crippen LogP contribution is 2.31. The number of piperazine rings is 1. The molecule has 4 nitrogen and oxygen atoms in total. The molecule has 1 aromatic carbocycles. The molecule has 158 valence electrons. The van der Waals surface area contributed by atoms with Crippen molar-refractivity contribution in [3.8, 4) is 0 Å². The molecule has 1 aliphatic carbocycles. The van der Waals surface area contributed by atoms with Crippen molar-refractivity contribution in [2.75, 3.05) is 47.4 Å². The molecule has 0 radical (unpaired) electrons. The summed E-state index contributed by atoms with van der Waals surface area (Å²) >= 11 is 0. The van der Waals surface area contributed by atoms with Crippen molar-refractivity contribution in [1.82, 2.24) is 9.80 Å². The SMILES string of the molecule is C=C1C(OC)=CC(CCN2CCN(C)C(c3ccccc3C(C)C)C2)=CC1OC. The minimum atomic E-state index is -0.0943. The van der Waals surface area contributed by atoms with Crippen molar-refractivity contribution in [1.29, 1.82) is 0 Å². The molecule has 1 aromatic rings. The van der Waals surface area contributed by atoms with E-state index in [1.807, 2.05) is 0 Å². The van der Waals surface area contributed by atoms with Crippen LogP contribution in [0.3, 0.4) is 0 Å². The van der Waals surface area contributed by atoms with Crippen LogP contribution < -0.4 is 0 Å². The zero-order chi connectivity index (χ0) is 21.0. The molecule has 1 heterocycles. The Labute approximate surface area is 176 Å². The summed E-state index contributed by atoms with van der Waals surface area (Å²) in [5.74, 6) is 1.37. The first kappa shape index (κ1) is 21.8. The number of allylic oxidation sites excluding steroid dienone is 1. The number of rotatable bonds is 7. The average Bonchev–Trinajstić information content (AvgIpc) is 2.73. The maximum absolute atomic E-state index is 5.57. The van der Waals surface area contributed by atoms with Gasteiger partial charge >= 0.3 is 0 Å². The molecule has 0 spiro atoms. The highest BCUT2D eigenvalue weighted by molar-refractivity contribution is 5.42. The standard InChI is InChI=1S/C25H36N2O2/c1-18(2)21-9-7-8-10-22(21)23-17-27(14-13-26(23)4)12-11-20-15-24(28-5)19(3)25(16-20)29-6/h7-10,15-16,18,23-24H,3,11-14,17H2,1-2,4-6H3. The zero-order valence-electron chi connectivity index (χ0n) is 18.6. The second kappa shape index (κ2) is 9.75. The van der Waals surface area contributed by atoms with Crippen molar-refractivity contribution >= 4 is 0 Å². The zero-order valence-corrected chi connectivity index (χ0v) is 18.6. The third kappa shape index (κ3) is 5.00. The Hall–Kier alpha value is -1.88. The van der Waals surface area contributed by atoms with Gasteiger partial charge < -0.3 is 9.47 Å². The van der Waals surface area contributed by atoms with E-state index in [1.54, 1.807) is 14.2 Å². The lowest BCUT2D eigenvalue weighted by Crippen LogP contribution is -2.47. The van der Waals surface area contributed by atoms with Gasteiger partial charge in [-0.15, -0.1) is 0 Å². The highest BCUT2D eigenvalue weighted by atomic mass is 16.5. The van der Waals surface area contributed by atoms with E-state index in [-0.39, 0.29) is 6.10 Å². The molecule has 1 saturated heterocycles. The van der Waals surface area contributed by atoms with E-state index in [1.165, 1.54) is 16.7 Å². The van der Waals surface area contributed by atoms with Gasteiger partial charge in [-0.25, -0.2) is 0 Å². The molecule has 1 aliphatic heterocycles. The van der Waals surface area contributed by atoms with E-state index in [0.29, 0.717) is 12.0 Å².